The molecule has 1 aliphatic rings. The summed E-state index contributed by atoms with van der Waals surface area (Å²) in [5.74, 6) is 0.849. The van der Waals surface area contributed by atoms with Gasteiger partial charge in [0.15, 0.2) is 0 Å². The van der Waals surface area contributed by atoms with E-state index in [0.717, 1.165) is 31.7 Å². The third-order valence-electron chi connectivity index (χ3n) is 4.54. The average Bonchev–Trinajstić information content (AvgIpc) is 3.17. The van der Waals surface area contributed by atoms with Gasteiger partial charge in [-0.25, -0.2) is 0 Å². The number of anilines is 1. The Morgan fingerprint density at radius 2 is 2.08 bits per heavy atom. The Bertz CT molecular complexity index is 724. The van der Waals surface area contributed by atoms with E-state index in [1.165, 1.54) is 12.5 Å². The topological polar surface area (TPSA) is 88.6 Å². The maximum Gasteiger partial charge on any atom is 0.293 e. The Morgan fingerprint density at radius 3 is 2.72 bits per heavy atom. The van der Waals surface area contributed by atoms with Gasteiger partial charge in [0.25, 0.3) is 5.69 Å². The number of likely N-dealkylation sites (tertiary alicyclic amines) is 1. The van der Waals surface area contributed by atoms with Gasteiger partial charge in [0.05, 0.1) is 17.2 Å². The van der Waals surface area contributed by atoms with Gasteiger partial charge in [-0.1, -0.05) is 6.42 Å². The molecule has 0 amide bonds. The van der Waals surface area contributed by atoms with Crippen LogP contribution in [0.5, 0.6) is 0 Å². The largest absolute Gasteiger partial charge is 0.468 e. The number of piperidine rings is 1. The minimum Gasteiger partial charge on any atom is -0.468 e. The molecule has 0 saturated carbocycles. The lowest BCUT2D eigenvalue weighted by molar-refractivity contribution is -0.384. The molecule has 7 nitrogen and oxygen atoms in total. The summed E-state index contributed by atoms with van der Waals surface area (Å²) in [6.45, 7) is 2.47. The number of furan rings is 1. The van der Waals surface area contributed by atoms with Crippen molar-refractivity contribution < 1.29 is 14.1 Å². The van der Waals surface area contributed by atoms with Crippen LogP contribution in [0.4, 0.5) is 11.4 Å². The number of hydrogen-bond acceptors (Lipinski definition) is 6. The zero-order chi connectivity index (χ0) is 17.6. The molecule has 1 fully saturated rings. The Kier molecular flexibility index (Phi) is 5.45. The standard InChI is InChI=1S/C18H21N3O4/c22-13-14-6-7-15(16(11-14)21(23)24)19-12-17(18-5-4-10-25-18)20-8-2-1-3-9-20/h4-7,10-11,13,17,19H,1-3,8-9,12H2/t17-/m0/s1. The molecule has 0 spiro atoms. The molecule has 3 rings (SSSR count). The Morgan fingerprint density at radius 1 is 1.28 bits per heavy atom. The van der Waals surface area contributed by atoms with Crippen LogP contribution in [0, 0.1) is 10.1 Å². The van der Waals surface area contributed by atoms with Crippen LogP contribution >= 0.6 is 0 Å². The van der Waals surface area contributed by atoms with E-state index >= 15 is 0 Å². The first-order chi connectivity index (χ1) is 12.2. The van der Waals surface area contributed by atoms with Gasteiger partial charge in [-0.2, -0.15) is 0 Å². The number of hydrogen-bond donors (Lipinski definition) is 1. The molecule has 132 valence electrons. The molecule has 0 unspecified atom stereocenters. The smallest absolute Gasteiger partial charge is 0.293 e. The van der Waals surface area contributed by atoms with Crippen molar-refractivity contribution in [3.63, 3.8) is 0 Å². The summed E-state index contributed by atoms with van der Waals surface area (Å²) in [7, 11) is 0. The number of nitro benzene ring substituents is 1. The lowest BCUT2D eigenvalue weighted by atomic mass is 10.1. The van der Waals surface area contributed by atoms with Crippen molar-refractivity contribution in [1.29, 1.82) is 0 Å². The van der Waals surface area contributed by atoms with Gasteiger partial charge in [0.2, 0.25) is 0 Å². The van der Waals surface area contributed by atoms with Crippen LogP contribution in [-0.2, 0) is 0 Å². The minimum atomic E-state index is -0.474. The predicted octanol–water partition coefficient (Wildman–Crippen LogP) is 3.64. The Hall–Kier alpha value is -2.67. The van der Waals surface area contributed by atoms with Gasteiger partial charge >= 0.3 is 0 Å². The van der Waals surface area contributed by atoms with Crippen LogP contribution in [0.2, 0.25) is 0 Å². The Labute approximate surface area is 145 Å². The quantitative estimate of drug-likeness (QED) is 0.469. The van der Waals surface area contributed by atoms with E-state index in [9.17, 15) is 14.9 Å². The Balaban J connectivity index is 1.79. The lowest BCUT2D eigenvalue weighted by Gasteiger charge is -2.33. The highest BCUT2D eigenvalue weighted by Gasteiger charge is 2.25. The second-order valence-electron chi connectivity index (χ2n) is 6.16. The number of nitrogens with one attached hydrogen (secondary N) is 1. The van der Waals surface area contributed by atoms with Crippen LogP contribution in [0.25, 0.3) is 0 Å². The number of nitrogens with zero attached hydrogens (tertiary/aromatic N) is 2. The predicted molar refractivity (Wildman–Crippen MR) is 93.8 cm³/mol. The molecule has 0 aliphatic carbocycles. The molecule has 1 N–H and O–H groups in total. The summed E-state index contributed by atoms with van der Waals surface area (Å²) in [4.78, 5) is 24.0. The molecule has 25 heavy (non-hydrogen) atoms. The van der Waals surface area contributed by atoms with E-state index in [0.29, 0.717) is 18.5 Å². The molecule has 0 bridgehead atoms. The second kappa shape index (κ2) is 7.94. The number of nitro groups is 1. The minimum absolute atomic E-state index is 0.0145. The van der Waals surface area contributed by atoms with Crippen molar-refractivity contribution >= 4 is 17.7 Å². The first kappa shape index (κ1) is 17.2. The van der Waals surface area contributed by atoms with E-state index < -0.39 is 4.92 Å². The fraction of sp³-hybridized carbons (Fsp3) is 0.389. The third kappa shape index (κ3) is 4.06. The highest BCUT2D eigenvalue weighted by atomic mass is 16.6. The van der Waals surface area contributed by atoms with Gasteiger partial charge in [0, 0.05) is 18.2 Å². The van der Waals surface area contributed by atoms with Crippen LogP contribution in [-0.4, -0.2) is 35.7 Å². The molecule has 1 aromatic heterocycles. The molecule has 7 heteroatoms. The summed E-state index contributed by atoms with van der Waals surface area (Å²) in [6.07, 6.45) is 5.77. The molecule has 2 heterocycles. The first-order valence-electron chi connectivity index (χ1n) is 8.44. The molecule has 1 atom stereocenters. The summed E-state index contributed by atoms with van der Waals surface area (Å²) in [5.41, 5.74) is 0.599. The van der Waals surface area contributed by atoms with Crippen molar-refractivity contribution in [3.05, 3.63) is 58.0 Å². The number of carbonyl (C=O) groups excluding carboxylic acids is 1. The van der Waals surface area contributed by atoms with E-state index in [1.807, 2.05) is 12.1 Å². The van der Waals surface area contributed by atoms with Gasteiger partial charge in [-0.15, -0.1) is 0 Å². The van der Waals surface area contributed by atoms with E-state index in [2.05, 4.69) is 10.2 Å². The van der Waals surface area contributed by atoms with Gasteiger partial charge in [-0.3, -0.25) is 19.8 Å². The molecule has 2 aromatic rings. The monoisotopic (exact) mass is 343 g/mol. The first-order valence-corrected chi connectivity index (χ1v) is 8.44. The molecule has 1 aliphatic heterocycles. The summed E-state index contributed by atoms with van der Waals surface area (Å²) in [5, 5.41) is 14.5. The average molecular weight is 343 g/mol. The van der Waals surface area contributed by atoms with Crippen LogP contribution in [0.15, 0.2) is 41.0 Å². The maximum atomic E-state index is 11.3. The molecule has 1 saturated heterocycles. The molecular formula is C18H21N3O4. The maximum absolute atomic E-state index is 11.3. The number of benzene rings is 1. The normalized spacial score (nSPS) is 16.3. The van der Waals surface area contributed by atoms with Crippen molar-refractivity contribution in [2.45, 2.75) is 25.3 Å². The summed E-state index contributed by atoms with van der Waals surface area (Å²) < 4.78 is 5.59. The van der Waals surface area contributed by atoms with Crippen molar-refractivity contribution in [3.8, 4) is 0 Å². The lowest BCUT2D eigenvalue weighted by Crippen LogP contribution is -2.37. The van der Waals surface area contributed by atoms with E-state index in [4.69, 9.17) is 4.42 Å². The SMILES string of the molecule is O=Cc1ccc(NC[C@@H](c2ccco2)N2CCCCC2)c([N+](=O)[O-])c1. The second-order valence-corrected chi connectivity index (χ2v) is 6.16. The van der Waals surface area contributed by atoms with Crippen LogP contribution in [0.1, 0.15) is 41.4 Å². The highest BCUT2D eigenvalue weighted by molar-refractivity contribution is 5.79. The van der Waals surface area contributed by atoms with E-state index in [1.54, 1.807) is 18.4 Å². The summed E-state index contributed by atoms with van der Waals surface area (Å²) in [6, 6.07) is 8.25. The number of aldehydes is 1. The molecule has 0 radical (unpaired) electrons. The molecular weight excluding hydrogens is 322 g/mol. The van der Waals surface area contributed by atoms with Gasteiger partial charge in [0.1, 0.15) is 17.7 Å². The van der Waals surface area contributed by atoms with Crippen LogP contribution < -0.4 is 5.32 Å². The zero-order valence-electron chi connectivity index (χ0n) is 13.9. The van der Waals surface area contributed by atoms with Gasteiger partial charge < -0.3 is 9.73 Å². The van der Waals surface area contributed by atoms with Crippen LogP contribution in [0.3, 0.4) is 0 Å². The fourth-order valence-corrected chi connectivity index (χ4v) is 3.25. The highest BCUT2D eigenvalue weighted by Crippen LogP contribution is 2.29. The number of carbonyl (C=O) groups is 1. The van der Waals surface area contributed by atoms with Crippen molar-refractivity contribution in [2.24, 2.45) is 0 Å². The molecule has 1 aromatic carbocycles. The summed E-state index contributed by atoms with van der Waals surface area (Å²) >= 11 is 0. The number of rotatable bonds is 7. The van der Waals surface area contributed by atoms with Crippen molar-refractivity contribution in [1.82, 2.24) is 4.90 Å². The van der Waals surface area contributed by atoms with E-state index in [-0.39, 0.29) is 17.3 Å². The zero-order valence-corrected chi connectivity index (χ0v) is 13.9. The van der Waals surface area contributed by atoms with Crippen molar-refractivity contribution in [2.75, 3.05) is 25.0 Å². The fourth-order valence-electron chi connectivity index (χ4n) is 3.25. The third-order valence-corrected chi connectivity index (χ3v) is 4.54. The van der Waals surface area contributed by atoms with Gasteiger partial charge in [-0.05, 0) is 50.2 Å².